The van der Waals surface area contributed by atoms with Gasteiger partial charge in [0.25, 0.3) is 6.43 Å². The van der Waals surface area contributed by atoms with Crippen molar-refractivity contribution in [2.24, 2.45) is 0 Å². The van der Waals surface area contributed by atoms with Crippen molar-refractivity contribution in [2.45, 2.75) is 26.4 Å². The Bertz CT molecular complexity index is 1350. The predicted molar refractivity (Wildman–Crippen MR) is 128 cm³/mol. The number of benzene rings is 1. The van der Waals surface area contributed by atoms with Crippen LogP contribution in [0.2, 0.25) is 5.02 Å². The lowest BCUT2D eigenvalue weighted by Gasteiger charge is -2.34. The summed E-state index contributed by atoms with van der Waals surface area (Å²) in [7, 11) is 0. The van der Waals surface area contributed by atoms with Crippen LogP contribution in [0.25, 0.3) is 22.5 Å². The second-order valence-electron chi connectivity index (χ2n) is 8.60. The third-order valence-corrected chi connectivity index (χ3v) is 6.46. The number of nitrogens with zero attached hydrogens (tertiary/aromatic N) is 5. The first kappa shape index (κ1) is 23.4. The number of carbonyl (C=O) groups is 1. The fourth-order valence-corrected chi connectivity index (χ4v) is 4.71. The number of piperazine rings is 1. The molecule has 0 atom stereocenters. The summed E-state index contributed by atoms with van der Waals surface area (Å²) in [6.45, 7) is 4.95. The molecular formula is C25H24ClF2N5O2. The van der Waals surface area contributed by atoms with E-state index in [0.29, 0.717) is 29.6 Å². The van der Waals surface area contributed by atoms with Crippen molar-refractivity contribution in [3.8, 4) is 11.5 Å². The maximum absolute atomic E-state index is 13.9. The molecule has 35 heavy (non-hydrogen) atoms. The fourth-order valence-electron chi connectivity index (χ4n) is 4.50. The predicted octanol–water partition coefficient (Wildman–Crippen LogP) is 4.94. The molecule has 4 heterocycles. The summed E-state index contributed by atoms with van der Waals surface area (Å²) in [5, 5.41) is 5.37. The van der Waals surface area contributed by atoms with E-state index in [1.165, 1.54) is 17.0 Å². The third-order valence-electron chi connectivity index (χ3n) is 6.22. The van der Waals surface area contributed by atoms with Crippen molar-refractivity contribution in [3.63, 3.8) is 0 Å². The Morgan fingerprint density at radius 1 is 1.14 bits per heavy atom. The normalized spacial score (nSPS) is 14.8. The average Bonchev–Trinajstić information content (AvgIpc) is 3.48. The van der Waals surface area contributed by atoms with Crippen molar-refractivity contribution in [2.75, 3.05) is 26.2 Å². The lowest BCUT2D eigenvalue weighted by Crippen LogP contribution is -2.49. The highest BCUT2D eigenvalue weighted by Crippen LogP contribution is 2.33. The molecule has 1 aromatic carbocycles. The van der Waals surface area contributed by atoms with Gasteiger partial charge in [0.05, 0.1) is 17.3 Å². The van der Waals surface area contributed by atoms with E-state index in [9.17, 15) is 13.6 Å². The Kier molecular flexibility index (Phi) is 6.53. The molecule has 10 heteroatoms. The van der Waals surface area contributed by atoms with Gasteiger partial charge in [0, 0.05) is 43.3 Å². The summed E-state index contributed by atoms with van der Waals surface area (Å²) in [6.07, 6.45) is -1.25. The van der Waals surface area contributed by atoms with Gasteiger partial charge in [-0.25, -0.2) is 18.4 Å². The van der Waals surface area contributed by atoms with Gasteiger partial charge in [-0.3, -0.25) is 9.69 Å². The third kappa shape index (κ3) is 4.92. The topological polar surface area (TPSA) is 67.4 Å². The van der Waals surface area contributed by atoms with Crippen LogP contribution in [0.3, 0.4) is 0 Å². The maximum atomic E-state index is 13.9. The van der Waals surface area contributed by atoms with E-state index < -0.39 is 6.43 Å². The highest BCUT2D eigenvalue weighted by atomic mass is 35.5. The summed E-state index contributed by atoms with van der Waals surface area (Å²) in [5.74, 6) is 0.252. The number of pyridine rings is 1. The first-order valence-corrected chi connectivity index (χ1v) is 11.7. The van der Waals surface area contributed by atoms with Gasteiger partial charge in [0.15, 0.2) is 11.4 Å². The minimum absolute atomic E-state index is 0.0735. The molecule has 0 radical (unpaired) electrons. The molecule has 1 saturated heterocycles. The van der Waals surface area contributed by atoms with Gasteiger partial charge in [-0.05, 0) is 42.8 Å². The zero-order valence-electron chi connectivity index (χ0n) is 19.1. The van der Waals surface area contributed by atoms with Crippen LogP contribution in [0.4, 0.5) is 8.78 Å². The number of furan rings is 1. The molecule has 4 aromatic rings. The zero-order chi connectivity index (χ0) is 24.5. The van der Waals surface area contributed by atoms with Gasteiger partial charge in [-0.15, -0.1) is 0 Å². The quantitative estimate of drug-likeness (QED) is 0.376. The van der Waals surface area contributed by atoms with Gasteiger partial charge < -0.3 is 9.32 Å². The summed E-state index contributed by atoms with van der Waals surface area (Å²) in [6, 6.07) is 12.4. The summed E-state index contributed by atoms with van der Waals surface area (Å²) in [4.78, 5) is 21.7. The molecule has 1 fully saturated rings. The lowest BCUT2D eigenvalue weighted by atomic mass is 10.1. The number of amides is 1. The molecule has 0 bridgehead atoms. The van der Waals surface area contributed by atoms with Crippen LogP contribution in [0.1, 0.15) is 23.2 Å². The number of halogens is 3. The number of rotatable bonds is 6. The van der Waals surface area contributed by atoms with Gasteiger partial charge in [-0.2, -0.15) is 5.10 Å². The Morgan fingerprint density at radius 2 is 1.94 bits per heavy atom. The second kappa shape index (κ2) is 9.75. The van der Waals surface area contributed by atoms with E-state index >= 15 is 0 Å². The highest BCUT2D eigenvalue weighted by Gasteiger charge is 2.25. The summed E-state index contributed by atoms with van der Waals surface area (Å²) in [5.41, 5.74) is 1.89. The molecule has 7 nitrogen and oxygen atoms in total. The minimum Gasteiger partial charge on any atom is -0.463 e. The zero-order valence-corrected chi connectivity index (χ0v) is 19.9. The van der Waals surface area contributed by atoms with Crippen LogP contribution in [-0.2, 0) is 17.9 Å². The van der Waals surface area contributed by atoms with Crippen molar-refractivity contribution >= 4 is 28.5 Å². The smallest absolute Gasteiger partial charge is 0.264 e. The van der Waals surface area contributed by atoms with Crippen molar-refractivity contribution < 1.29 is 18.0 Å². The molecule has 5 rings (SSSR count). The Labute approximate surface area is 205 Å². The first-order valence-electron chi connectivity index (χ1n) is 11.3. The van der Waals surface area contributed by atoms with Gasteiger partial charge >= 0.3 is 0 Å². The van der Waals surface area contributed by atoms with Crippen LogP contribution in [-0.4, -0.2) is 56.7 Å². The van der Waals surface area contributed by atoms with Crippen LogP contribution in [0.5, 0.6) is 0 Å². The van der Waals surface area contributed by atoms with E-state index in [4.69, 9.17) is 16.0 Å². The number of carbonyl (C=O) groups excluding carboxylic acids is 1. The van der Waals surface area contributed by atoms with E-state index in [1.807, 2.05) is 24.3 Å². The molecule has 1 aliphatic heterocycles. The minimum atomic E-state index is -2.71. The summed E-state index contributed by atoms with van der Waals surface area (Å²) < 4.78 is 34.6. The Balaban J connectivity index is 1.33. The molecule has 0 saturated carbocycles. The van der Waals surface area contributed by atoms with Crippen LogP contribution in [0.15, 0.2) is 53.1 Å². The number of fused-ring (bicyclic) bond motifs is 1. The number of aromatic nitrogens is 3. The maximum Gasteiger partial charge on any atom is 0.264 e. The van der Waals surface area contributed by atoms with Crippen LogP contribution < -0.4 is 0 Å². The largest absolute Gasteiger partial charge is 0.463 e. The van der Waals surface area contributed by atoms with E-state index in [-0.39, 0.29) is 34.7 Å². The molecule has 3 aromatic heterocycles. The molecule has 0 N–H and O–H groups in total. The lowest BCUT2D eigenvalue weighted by molar-refractivity contribution is -0.133. The van der Waals surface area contributed by atoms with Gasteiger partial charge in [0.2, 0.25) is 5.91 Å². The number of hydrogen-bond acceptors (Lipinski definition) is 5. The van der Waals surface area contributed by atoms with Crippen molar-refractivity contribution in [1.29, 1.82) is 0 Å². The number of alkyl halides is 2. The molecule has 0 unspecified atom stereocenters. The average molecular weight is 500 g/mol. The highest BCUT2D eigenvalue weighted by molar-refractivity contribution is 6.30. The van der Waals surface area contributed by atoms with Crippen LogP contribution in [0, 0.1) is 6.92 Å². The number of hydrogen-bond donors (Lipinski definition) is 0. The second-order valence-corrected chi connectivity index (χ2v) is 9.04. The van der Waals surface area contributed by atoms with E-state index in [2.05, 4.69) is 15.0 Å². The summed E-state index contributed by atoms with van der Waals surface area (Å²) >= 11 is 6.08. The molecule has 182 valence electrons. The van der Waals surface area contributed by atoms with Crippen molar-refractivity contribution in [3.05, 3.63) is 70.6 Å². The first-order chi connectivity index (χ1) is 16.9. The standard InChI is InChI=1S/C25H24ClF2N5O2/c1-16-23-19(24(27)28)13-20(21-6-3-11-35-21)29-25(23)33(30-16)15-22(34)32-9-7-31(8-10-32)14-17-4-2-5-18(26)12-17/h2-6,11-13,24H,7-10,14-15H2,1H3. The Morgan fingerprint density at radius 3 is 2.63 bits per heavy atom. The van der Waals surface area contributed by atoms with E-state index in [0.717, 1.165) is 25.2 Å². The molecule has 1 amide bonds. The van der Waals surface area contributed by atoms with Gasteiger partial charge in [0.1, 0.15) is 12.2 Å². The Hall–Kier alpha value is -3.30. The number of aryl methyl sites for hydroxylation is 1. The molecule has 1 aliphatic rings. The van der Waals surface area contributed by atoms with Crippen LogP contribution >= 0.6 is 11.6 Å². The van der Waals surface area contributed by atoms with Gasteiger partial charge in [-0.1, -0.05) is 23.7 Å². The molecular weight excluding hydrogens is 476 g/mol. The molecule has 0 spiro atoms. The molecule has 0 aliphatic carbocycles. The van der Waals surface area contributed by atoms with E-state index in [1.54, 1.807) is 24.0 Å². The SMILES string of the molecule is Cc1nn(CC(=O)N2CCN(Cc3cccc(Cl)c3)CC2)c2nc(-c3ccco3)cc(C(F)F)c12. The fraction of sp³-hybridized carbons (Fsp3) is 0.320. The van der Waals surface area contributed by atoms with Crippen molar-refractivity contribution in [1.82, 2.24) is 24.6 Å². The monoisotopic (exact) mass is 499 g/mol.